The van der Waals surface area contributed by atoms with Gasteiger partial charge in [-0.2, -0.15) is 0 Å². The van der Waals surface area contributed by atoms with Crippen LogP contribution < -0.4 is 4.74 Å². The van der Waals surface area contributed by atoms with Gasteiger partial charge in [0.15, 0.2) is 0 Å². The standard InChI is InChI=1S/C21H32N2O3/c1-4-18(5-2)21(25)23-14-6-13-22(15-16-23)20(24)12-9-17-7-10-19(26-3)11-8-17/h7-8,10-11,18H,4-6,9,12-16H2,1-3H3. The zero-order chi connectivity index (χ0) is 18.9. The van der Waals surface area contributed by atoms with Crippen molar-refractivity contribution in [3.8, 4) is 5.75 Å². The van der Waals surface area contributed by atoms with E-state index in [9.17, 15) is 9.59 Å². The van der Waals surface area contributed by atoms with E-state index in [1.807, 2.05) is 34.1 Å². The summed E-state index contributed by atoms with van der Waals surface area (Å²) in [4.78, 5) is 29.0. The molecule has 1 saturated heterocycles. The molecule has 0 bridgehead atoms. The zero-order valence-electron chi connectivity index (χ0n) is 16.4. The first kappa shape index (κ1) is 20.3. The van der Waals surface area contributed by atoms with Gasteiger partial charge in [-0.15, -0.1) is 0 Å². The van der Waals surface area contributed by atoms with Crippen molar-refractivity contribution in [3.63, 3.8) is 0 Å². The number of hydrogen-bond acceptors (Lipinski definition) is 3. The molecular formula is C21H32N2O3. The molecule has 1 heterocycles. The van der Waals surface area contributed by atoms with Crippen LogP contribution in [0.15, 0.2) is 24.3 Å². The number of aryl methyl sites for hydroxylation is 1. The Bertz CT molecular complexity index is 581. The number of benzene rings is 1. The van der Waals surface area contributed by atoms with Gasteiger partial charge in [-0.1, -0.05) is 26.0 Å². The van der Waals surface area contributed by atoms with E-state index in [1.54, 1.807) is 7.11 Å². The molecule has 144 valence electrons. The fourth-order valence-electron chi connectivity index (χ4n) is 3.48. The second kappa shape index (κ2) is 10.2. The first-order valence-electron chi connectivity index (χ1n) is 9.78. The highest BCUT2D eigenvalue weighted by Crippen LogP contribution is 2.16. The molecule has 0 aromatic heterocycles. The lowest BCUT2D eigenvalue weighted by atomic mass is 10.0. The Hall–Kier alpha value is -2.04. The molecule has 5 nitrogen and oxygen atoms in total. The summed E-state index contributed by atoms with van der Waals surface area (Å²) in [6, 6.07) is 7.86. The predicted molar refractivity (Wildman–Crippen MR) is 103 cm³/mol. The molecule has 26 heavy (non-hydrogen) atoms. The lowest BCUT2D eigenvalue weighted by molar-refractivity contribution is -0.136. The third-order valence-electron chi connectivity index (χ3n) is 5.28. The molecule has 1 aliphatic heterocycles. The summed E-state index contributed by atoms with van der Waals surface area (Å²) in [7, 11) is 1.65. The van der Waals surface area contributed by atoms with E-state index < -0.39 is 0 Å². The largest absolute Gasteiger partial charge is 0.497 e. The molecule has 0 radical (unpaired) electrons. The number of hydrogen-bond donors (Lipinski definition) is 0. The highest BCUT2D eigenvalue weighted by atomic mass is 16.5. The first-order valence-corrected chi connectivity index (χ1v) is 9.78. The molecule has 0 N–H and O–H groups in total. The van der Waals surface area contributed by atoms with Crippen LogP contribution in [0.25, 0.3) is 0 Å². The summed E-state index contributed by atoms with van der Waals surface area (Å²) in [5.41, 5.74) is 1.14. The van der Waals surface area contributed by atoms with Crippen LogP contribution in [0, 0.1) is 5.92 Å². The fourth-order valence-corrected chi connectivity index (χ4v) is 3.48. The molecule has 2 amide bonds. The number of rotatable bonds is 7. The summed E-state index contributed by atoms with van der Waals surface area (Å²) in [5, 5.41) is 0. The maximum Gasteiger partial charge on any atom is 0.225 e. The van der Waals surface area contributed by atoms with Gasteiger partial charge in [0, 0.05) is 38.5 Å². The van der Waals surface area contributed by atoms with Crippen LogP contribution in [-0.4, -0.2) is 54.9 Å². The number of carbonyl (C=O) groups is 2. The predicted octanol–water partition coefficient (Wildman–Crippen LogP) is 3.12. The summed E-state index contributed by atoms with van der Waals surface area (Å²) < 4.78 is 5.16. The summed E-state index contributed by atoms with van der Waals surface area (Å²) in [5.74, 6) is 1.38. The normalized spacial score (nSPS) is 15.1. The number of ether oxygens (including phenoxy) is 1. The van der Waals surface area contributed by atoms with Gasteiger partial charge in [0.1, 0.15) is 5.75 Å². The Morgan fingerprint density at radius 3 is 2.23 bits per heavy atom. The lowest BCUT2D eigenvalue weighted by Gasteiger charge is -2.25. The smallest absolute Gasteiger partial charge is 0.225 e. The van der Waals surface area contributed by atoms with E-state index in [1.165, 1.54) is 0 Å². The Labute approximate surface area is 157 Å². The van der Waals surface area contributed by atoms with E-state index in [2.05, 4.69) is 13.8 Å². The zero-order valence-corrected chi connectivity index (χ0v) is 16.4. The molecule has 0 atom stereocenters. The number of methoxy groups -OCH3 is 1. The van der Waals surface area contributed by atoms with Gasteiger partial charge < -0.3 is 14.5 Å². The monoisotopic (exact) mass is 360 g/mol. The highest BCUT2D eigenvalue weighted by molar-refractivity contribution is 5.79. The van der Waals surface area contributed by atoms with Crippen LogP contribution in [0.1, 0.15) is 45.1 Å². The summed E-state index contributed by atoms with van der Waals surface area (Å²) in [6.07, 6.45) is 3.87. The fraction of sp³-hybridized carbons (Fsp3) is 0.619. The molecule has 2 rings (SSSR count). The lowest BCUT2D eigenvalue weighted by Crippen LogP contribution is -2.39. The van der Waals surface area contributed by atoms with Gasteiger partial charge in [0.05, 0.1) is 7.11 Å². The van der Waals surface area contributed by atoms with Crippen LogP contribution in [0.2, 0.25) is 0 Å². The van der Waals surface area contributed by atoms with Gasteiger partial charge in [-0.25, -0.2) is 0 Å². The third kappa shape index (κ3) is 5.48. The van der Waals surface area contributed by atoms with Crippen LogP contribution >= 0.6 is 0 Å². The molecular weight excluding hydrogens is 328 g/mol. The van der Waals surface area contributed by atoms with Gasteiger partial charge in [0.2, 0.25) is 11.8 Å². The van der Waals surface area contributed by atoms with Crippen LogP contribution in [0.5, 0.6) is 5.75 Å². The van der Waals surface area contributed by atoms with E-state index in [0.717, 1.165) is 50.1 Å². The summed E-state index contributed by atoms with van der Waals surface area (Å²) in [6.45, 7) is 6.94. The second-order valence-electron chi connectivity index (χ2n) is 6.92. The number of nitrogens with zero attached hydrogens (tertiary/aromatic N) is 2. The molecule has 1 fully saturated rings. The first-order chi connectivity index (χ1) is 12.6. The maximum absolute atomic E-state index is 12.6. The second-order valence-corrected chi connectivity index (χ2v) is 6.92. The maximum atomic E-state index is 12.6. The Morgan fingerprint density at radius 1 is 1.00 bits per heavy atom. The van der Waals surface area contributed by atoms with Crippen LogP contribution in [0.3, 0.4) is 0 Å². The van der Waals surface area contributed by atoms with E-state index in [4.69, 9.17) is 4.74 Å². The van der Waals surface area contributed by atoms with Crippen molar-refractivity contribution in [2.24, 2.45) is 5.92 Å². The molecule has 1 aromatic rings. The summed E-state index contributed by atoms with van der Waals surface area (Å²) >= 11 is 0. The highest BCUT2D eigenvalue weighted by Gasteiger charge is 2.25. The van der Waals surface area contributed by atoms with E-state index >= 15 is 0 Å². The van der Waals surface area contributed by atoms with Gasteiger partial charge in [-0.05, 0) is 43.4 Å². The molecule has 1 aromatic carbocycles. The average molecular weight is 360 g/mol. The van der Waals surface area contributed by atoms with Gasteiger partial charge in [-0.3, -0.25) is 9.59 Å². The van der Waals surface area contributed by atoms with Crippen molar-refractivity contribution in [3.05, 3.63) is 29.8 Å². The van der Waals surface area contributed by atoms with E-state index in [0.29, 0.717) is 19.5 Å². The molecule has 5 heteroatoms. The van der Waals surface area contributed by atoms with Crippen molar-refractivity contribution < 1.29 is 14.3 Å². The minimum Gasteiger partial charge on any atom is -0.497 e. The van der Waals surface area contributed by atoms with Crippen molar-refractivity contribution in [2.75, 3.05) is 33.3 Å². The van der Waals surface area contributed by atoms with Crippen molar-refractivity contribution in [1.29, 1.82) is 0 Å². The molecule has 0 saturated carbocycles. The van der Waals surface area contributed by atoms with Crippen molar-refractivity contribution >= 4 is 11.8 Å². The molecule has 0 unspecified atom stereocenters. The molecule has 0 spiro atoms. The quantitative estimate of drug-likeness (QED) is 0.751. The average Bonchev–Trinajstić information content (AvgIpc) is 2.93. The van der Waals surface area contributed by atoms with Crippen LogP contribution in [-0.2, 0) is 16.0 Å². The van der Waals surface area contributed by atoms with E-state index in [-0.39, 0.29) is 17.7 Å². The number of amides is 2. The van der Waals surface area contributed by atoms with Crippen LogP contribution in [0.4, 0.5) is 0 Å². The Balaban J connectivity index is 1.83. The SMILES string of the molecule is CCC(CC)C(=O)N1CCCN(C(=O)CCc2ccc(OC)cc2)CC1. The minimum atomic E-state index is 0.118. The van der Waals surface area contributed by atoms with Crippen molar-refractivity contribution in [2.45, 2.75) is 46.0 Å². The van der Waals surface area contributed by atoms with Gasteiger partial charge in [0.25, 0.3) is 0 Å². The number of carbonyl (C=O) groups excluding carboxylic acids is 2. The topological polar surface area (TPSA) is 49.9 Å². The molecule has 1 aliphatic rings. The minimum absolute atomic E-state index is 0.118. The Kier molecular flexibility index (Phi) is 7.95. The third-order valence-corrected chi connectivity index (χ3v) is 5.28. The van der Waals surface area contributed by atoms with Gasteiger partial charge >= 0.3 is 0 Å². The van der Waals surface area contributed by atoms with Crippen molar-refractivity contribution in [1.82, 2.24) is 9.80 Å². The Morgan fingerprint density at radius 2 is 1.62 bits per heavy atom. The molecule has 0 aliphatic carbocycles.